The van der Waals surface area contributed by atoms with E-state index in [0.717, 1.165) is 12.7 Å². The molecule has 0 aliphatic carbocycles. The predicted octanol–water partition coefficient (Wildman–Crippen LogP) is 10.2. The van der Waals surface area contributed by atoms with Crippen LogP contribution in [0.25, 0.3) is 0 Å². The summed E-state index contributed by atoms with van der Waals surface area (Å²) in [6.45, 7) is 39.3. The number of hydrogen-bond donors (Lipinski definition) is 1. The minimum atomic E-state index is -2.19. The van der Waals surface area contributed by atoms with Crippen molar-refractivity contribution < 1.29 is 23.2 Å². The summed E-state index contributed by atoms with van der Waals surface area (Å²) in [5, 5.41) is 0.0796. The highest BCUT2D eigenvalue weighted by molar-refractivity contribution is 6.74. The van der Waals surface area contributed by atoms with Gasteiger partial charge in [0.2, 0.25) is 0 Å². The first-order chi connectivity index (χ1) is 20.3. The fraction of sp³-hybridized carbons (Fsp3) is 0.730. The van der Waals surface area contributed by atoms with E-state index in [0.29, 0.717) is 0 Å². The summed E-state index contributed by atoms with van der Waals surface area (Å²) < 4.78 is 19.9. The third-order valence-corrected chi connectivity index (χ3v) is 19.1. The van der Waals surface area contributed by atoms with Crippen LogP contribution in [-0.2, 0) is 18.4 Å². The molecule has 0 aliphatic heterocycles. The maximum atomic E-state index is 12.1. The Morgan fingerprint density at radius 3 is 1.64 bits per heavy atom. The molecule has 0 fully saturated rings. The fourth-order valence-corrected chi connectivity index (χ4v) is 8.36. The van der Waals surface area contributed by atoms with Crippen molar-refractivity contribution in [3.63, 3.8) is 0 Å². The molecule has 0 unspecified atom stereocenters. The summed E-state index contributed by atoms with van der Waals surface area (Å²) in [7, 11) is -4.26. The van der Waals surface area contributed by atoms with Crippen molar-refractivity contribution in [2.45, 2.75) is 144 Å². The first kappa shape index (κ1) is 43.3. The van der Waals surface area contributed by atoms with Gasteiger partial charge in [0.1, 0.15) is 12.4 Å². The molecule has 2 N–H and O–H groups in total. The molecule has 8 heteroatoms. The number of primary amides is 1. The molecular weight excluding hydrogens is 595 g/mol. The number of allylic oxidation sites excluding steroid dienone is 4. The molecular formula is C37H69NO5Si2. The largest absolute Gasteiger partial charge is 0.445 e. The van der Waals surface area contributed by atoms with Crippen LogP contribution in [-0.4, -0.2) is 47.3 Å². The molecule has 8 atom stereocenters. The number of carbonyl (C=O) groups is 2. The summed E-state index contributed by atoms with van der Waals surface area (Å²) in [5.41, 5.74) is 6.84. The second-order valence-corrected chi connectivity index (χ2v) is 25.9. The van der Waals surface area contributed by atoms with Crippen molar-refractivity contribution in [1.29, 1.82) is 0 Å². The molecule has 0 rings (SSSR count). The topological polar surface area (TPSA) is 87.8 Å². The Morgan fingerprint density at radius 2 is 1.22 bits per heavy atom. The first-order valence-corrected chi connectivity index (χ1v) is 22.5. The van der Waals surface area contributed by atoms with Crippen LogP contribution in [0.3, 0.4) is 0 Å². The van der Waals surface area contributed by atoms with E-state index in [1.54, 1.807) is 12.2 Å². The molecule has 6 nitrogen and oxygen atoms in total. The predicted molar refractivity (Wildman–Crippen MR) is 197 cm³/mol. The SMILES string of the molecule is C=C/C=C\[C@H](C)[C@H](OC(N)=O)[C@@H](C)[C@H](O[Si](C)(C)C(C)(C)C)[C@@H](C)C/C(C)=C\[C@H](C)[C@@H](O[Si](C)(C)C(C)(C)C)[C@@H](C)/C=C\C=O. The van der Waals surface area contributed by atoms with Gasteiger partial charge in [-0.15, -0.1) is 0 Å². The van der Waals surface area contributed by atoms with E-state index in [4.69, 9.17) is 19.3 Å². The zero-order chi connectivity index (χ0) is 35.6. The van der Waals surface area contributed by atoms with E-state index in [-0.39, 0.29) is 51.9 Å². The number of aldehydes is 1. The van der Waals surface area contributed by atoms with Crippen LogP contribution in [0.15, 0.2) is 48.6 Å². The lowest BCUT2D eigenvalue weighted by Crippen LogP contribution is -2.50. The van der Waals surface area contributed by atoms with Gasteiger partial charge in [-0.2, -0.15) is 0 Å². The molecule has 1 amide bonds. The normalized spacial score (nSPS) is 19.4. The van der Waals surface area contributed by atoms with E-state index < -0.39 is 28.8 Å². The lowest BCUT2D eigenvalue weighted by atomic mass is 9.81. The van der Waals surface area contributed by atoms with Gasteiger partial charge in [0.15, 0.2) is 16.6 Å². The van der Waals surface area contributed by atoms with Crippen LogP contribution in [0.4, 0.5) is 4.79 Å². The van der Waals surface area contributed by atoms with Crippen LogP contribution in [0, 0.1) is 29.6 Å². The molecule has 0 aliphatic rings. The lowest BCUT2D eigenvalue weighted by molar-refractivity contribution is -0.104. The van der Waals surface area contributed by atoms with Crippen LogP contribution in [0.1, 0.15) is 89.5 Å². The van der Waals surface area contributed by atoms with Crippen LogP contribution >= 0.6 is 0 Å². The van der Waals surface area contributed by atoms with E-state index in [2.05, 4.69) is 115 Å². The Bertz CT molecular complexity index is 1030. The minimum Gasteiger partial charge on any atom is -0.445 e. The van der Waals surface area contributed by atoms with E-state index >= 15 is 0 Å². The average Bonchev–Trinajstić information content (AvgIpc) is 2.88. The average molecular weight is 664 g/mol. The Balaban J connectivity index is 6.61. The zero-order valence-corrected chi connectivity index (χ0v) is 33.7. The lowest BCUT2D eigenvalue weighted by Gasteiger charge is -2.45. The van der Waals surface area contributed by atoms with Gasteiger partial charge in [-0.1, -0.05) is 119 Å². The van der Waals surface area contributed by atoms with Gasteiger partial charge in [-0.25, -0.2) is 4.79 Å². The van der Waals surface area contributed by atoms with Gasteiger partial charge >= 0.3 is 6.09 Å². The third kappa shape index (κ3) is 13.9. The summed E-state index contributed by atoms with van der Waals surface area (Å²) in [6, 6.07) is 0. The molecule has 0 aromatic carbocycles. The fourth-order valence-electron chi connectivity index (χ4n) is 5.41. The highest BCUT2D eigenvalue weighted by Gasteiger charge is 2.44. The number of hydrogen-bond acceptors (Lipinski definition) is 5. The van der Waals surface area contributed by atoms with Gasteiger partial charge in [-0.05, 0) is 73.4 Å². The number of amides is 1. The molecule has 0 aromatic rings. The third-order valence-electron chi connectivity index (χ3n) is 10.1. The molecule has 0 spiro atoms. The monoisotopic (exact) mass is 663 g/mol. The summed E-state index contributed by atoms with van der Waals surface area (Å²) in [5.74, 6) is 0.157. The minimum absolute atomic E-state index is 0.0119. The van der Waals surface area contributed by atoms with Crippen molar-refractivity contribution in [1.82, 2.24) is 0 Å². The number of rotatable bonds is 18. The van der Waals surface area contributed by atoms with Gasteiger partial charge in [0, 0.05) is 11.8 Å². The van der Waals surface area contributed by atoms with E-state index in [1.165, 1.54) is 5.57 Å². The molecule has 0 heterocycles. The van der Waals surface area contributed by atoms with E-state index in [9.17, 15) is 9.59 Å². The Labute approximate surface area is 279 Å². The van der Waals surface area contributed by atoms with Crippen molar-refractivity contribution in [2.75, 3.05) is 0 Å². The molecule has 0 saturated heterocycles. The Morgan fingerprint density at radius 1 is 0.778 bits per heavy atom. The second-order valence-electron chi connectivity index (χ2n) is 16.4. The van der Waals surface area contributed by atoms with Crippen LogP contribution < -0.4 is 5.73 Å². The smallest absolute Gasteiger partial charge is 0.404 e. The molecule has 0 saturated carbocycles. The number of nitrogens with two attached hydrogens (primary N) is 1. The van der Waals surface area contributed by atoms with Crippen LogP contribution in [0.5, 0.6) is 0 Å². The van der Waals surface area contributed by atoms with Gasteiger partial charge < -0.3 is 19.3 Å². The molecule has 260 valence electrons. The van der Waals surface area contributed by atoms with Gasteiger partial charge in [0.25, 0.3) is 0 Å². The van der Waals surface area contributed by atoms with Gasteiger partial charge in [0.05, 0.1) is 12.2 Å². The number of carbonyl (C=O) groups excluding carboxylic acids is 2. The summed E-state index contributed by atoms with van der Waals surface area (Å²) in [4.78, 5) is 23.2. The Kier molecular flexibility index (Phi) is 17.3. The molecule has 0 radical (unpaired) electrons. The van der Waals surface area contributed by atoms with Crippen molar-refractivity contribution in [3.05, 3.63) is 48.6 Å². The van der Waals surface area contributed by atoms with Crippen molar-refractivity contribution in [3.8, 4) is 0 Å². The highest BCUT2D eigenvalue weighted by atomic mass is 28.4. The molecule has 0 bridgehead atoms. The second kappa shape index (κ2) is 18.0. The van der Waals surface area contributed by atoms with Gasteiger partial charge in [-0.3, -0.25) is 4.79 Å². The quantitative estimate of drug-likeness (QED) is 0.0518. The summed E-state index contributed by atoms with van der Waals surface area (Å²) >= 11 is 0. The Hall–Kier alpha value is -1.75. The van der Waals surface area contributed by atoms with Crippen LogP contribution in [0.2, 0.25) is 36.3 Å². The maximum absolute atomic E-state index is 12.1. The van der Waals surface area contributed by atoms with Crippen molar-refractivity contribution >= 4 is 29.0 Å². The standard InChI is InChI=1S/C37H69NO5Si2/c1-18-19-21-28(4)33(41-35(38)40)31(7)34(43-45(16,17)37(11,12)13)30(6)25-26(2)24-29(5)32(27(3)22-20-23-39)42-44(14,15)36(8,9)10/h18-24,27-34H,1,25H2,2-17H3,(H2,38,40)/b21-19-,22-20-,26-24-/t27-,28-,29-,30-,31+,32-,33-,34+/m0/s1. The maximum Gasteiger partial charge on any atom is 0.404 e. The first-order valence-electron chi connectivity index (χ1n) is 16.7. The molecule has 0 aromatic heterocycles. The molecule has 45 heavy (non-hydrogen) atoms. The zero-order valence-electron chi connectivity index (χ0n) is 31.7. The summed E-state index contributed by atoms with van der Waals surface area (Å²) in [6.07, 6.45) is 11.7. The number of ether oxygens (including phenoxy) is 1. The highest BCUT2D eigenvalue weighted by Crippen LogP contribution is 2.42. The van der Waals surface area contributed by atoms with Crippen molar-refractivity contribution in [2.24, 2.45) is 35.3 Å². The van der Waals surface area contributed by atoms with E-state index in [1.807, 2.05) is 25.2 Å².